The van der Waals surface area contributed by atoms with Crippen LogP contribution in [0, 0.1) is 13.8 Å². The van der Waals surface area contributed by atoms with Crippen molar-refractivity contribution in [1.29, 1.82) is 0 Å². The molecule has 2 heterocycles. The van der Waals surface area contributed by atoms with Crippen molar-refractivity contribution in [2.45, 2.75) is 33.2 Å². The van der Waals surface area contributed by atoms with E-state index in [2.05, 4.69) is 23.1 Å². The highest BCUT2D eigenvalue weighted by molar-refractivity contribution is 7.20. The van der Waals surface area contributed by atoms with Gasteiger partial charge in [-0.2, -0.15) is 5.10 Å². The Morgan fingerprint density at radius 3 is 2.75 bits per heavy atom. The lowest BCUT2D eigenvalue weighted by molar-refractivity contribution is 0.730. The first-order chi connectivity index (χ1) is 9.56. The minimum absolute atomic E-state index is 0.139. The first-order valence-electron chi connectivity index (χ1n) is 6.73. The summed E-state index contributed by atoms with van der Waals surface area (Å²) in [7, 11) is 0. The third-order valence-corrected chi connectivity index (χ3v) is 4.44. The zero-order valence-corrected chi connectivity index (χ0v) is 12.7. The first kappa shape index (κ1) is 13.3. The van der Waals surface area contributed by atoms with Gasteiger partial charge in [0.25, 0.3) is 0 Å². The van der Waals surface area contributed by atoms with Crippen molar-refractivity contribution in [2.24, 2.45) is 5.73 Å². The van der Waals surface area contributed by atoms with E-state index in [9.17, 15) is 0 Å². The molecule has 0 bridgehead atoms. The van der Waals surface area contributed by atoms with Gasteiger partial charge in [0.1, 0.15) is 0 Å². The van der Waals surface area contributed by atoms with Gasteiger partial charge in [-0.1, -0.05) is 23.5 Å². The van der Waals surface area contributed by atoms with Crippen molar-refractivity contribution >= 4 is 21.6 Å². The largest absolute Gasteiger partial charge is 0.328 e. The van der Waals surface area contributed by atoms with E-state index in [1.807, 2.05) is 36.7 Å². The molecule has 0 saturated carbocycles. The molecule has 0 saturated heterocycles. The van der Waals surface area contributed by atoms with Gasteiger partial charge in [-0.3, -0.25) is 0 Å². The fourth-order valence-electron chi connectivity index (χ4n) is 2.43. The number of rotatable bonds is 3. The van der Waals surface area contributed by atoms with Crippen molar-refractivity contribution in [3.63, 3.8) is 0 Å². The van der Waals surface area contributed by atoms with E-state index in [1.54, 1.807) is 11.3 Å². The van der Waals surface area contributed by atoms with Gasteiger partial charge in [0, 0.05) is 11.7 Å². The molecule has 0 spiro atoms. The lowest BCUT2D eigenvalue weighted by Crippen LogP contribution is -2.18. The molecule has 2 aromatic heterocycles. The molecule has 20 heavy (non-hydrogen) atoms. The lowest BCUT2D eigenvalue weighted by Gasteiger charge is -2.05. The number of thiazole rings is 1. The van der Waals surface area contributed by atoms with Crippen LogP contribution < -0.4 is 5.73 Å². The molecule has 1 atom stereocenters. The molecular formula is C15H18N4S. The monoisotopic (exact) mass is 286 g/mol. The number of aryl methyl sites for hydroxylation is 1. The summed E-state index contributed by atoms with van der Waals surface area (Å²) in [5.41, 5.74) is 10.4. The van der Waals surface area contributed by atoms with E-state index in [-0.39, 0.29) is 6.04 Å². The highest BCUT2D eigenvalue weighted by Crippen LogP contribution is 2.27. The van der Waals surface area contributed by atoms with Gasteiger partial charge in [0.2, 0.25) is 5.13 Å². The number of nitrogens with zero attached hydrogens (tertiary/aromatic N) is 3. The number of benzene rings is 1. The van der Waals surface area contributed by atoms with Gasteiger partial charge >= 0.3 is 0 Å². The van der Waals surface area contributed by atoms with Gasteiger partial charge in [0.15, 0.2) is 0 Å². The highest BCUT2D eigenvalue weighted by Gasteiger charge is 2.16. The molecule has 0 aliphatic heterocycles. The number of aromatic nitrogens is 3. The Labute approximate surface area is 122 Å². The van der Waals surface area contributed by atoms with Crippen LogP contribution in [0.4, 0.5) is 0 Å². The second-order valence-electron chi connectivity index (χ2n) is 5.21. The normalized spacial score (nSPS) is 13.0. The summed E-state index contributed by atoms with van der Waals surface area (Å²) in [5, 5.41) is 5.56. The molecule has 5 heteroatoms. The molecule has 0 fully saturated rings. The molecule has 0 amide bonds. The third-order valence-electron chi connectivity index (χ3n) is 3.43. The van der Waals surface area contributed by atoms with Crippen LogP contribution in [0.1, 0.15) is 23.9 Å². The highest BCUT2D eigenvalue weighted by atomic mass is 32.1. The van der Waals surface area contributed by atoms with Crippen LogP contribution in [0.25, 0.3) is 15.3 Å². The van der Waals surface area contributed by atoms with Crippen molar-refractivity contribution in [3.05, 3.63) is 41.2 Å². The quantitative estimate of drug-likeness (QED) is 0.805. The molecule has 0 aliphatic rings. The Hall–Kier alpha value is -1.72. The Kier molecular flexibility index (Phi) is 3.31. The zero-order chi connectivity index (χ0) is 14.3. The minimum Gasteiger partial charge on any atom is -0.328 e. The molecule has 0 aliphatic carbocycles. The van der Waals surface area contributed by atoms with Crippen LogP contribution in [0.5, 0.6) is 0 Å². The predicted molar refractivity (Wildman–Crippen MR) is 83.6 cm³/mol. The van der Waals surface area contributed by atoms with Crippen LogP contribution in [0.2, 0.25) is 0 Å². The molecule has 104 valence electrons. The number of fused-ring (bicyclic) bond motifs is 1. The Bertz CT molecular complexity index is 721. The molecule has 3 aromatic rings. The Morgan fingerprint density at radius 1 is 1.30 bits per heavy atom. The summed E-state index contributed by atoms with van der Waals surface area (Å²) in [5.74, 6) is 0. The average molecular weight is 286 g/mol. The van der Waals surface area contributed by atoms with Crippen LogP contribution in [-0.2, 0) is 6.42 Å². The maximum Gasteiger partial charge on any atom is 0.211 e. The van der Waals surface area contributed by atoms with Crippen molar-refractivity contribution < 1.29 is 0 Å². The Morgan fingerprint density at radius 2 is 2.05 bits per heavy atom. The second kappa shape index (κ2) is 5.00. The van der Waals surface area contributed by atoms with Gasteiger partial charge < -0.3 is 5.73 Å². The summed E-state index contributed by atoms with van der Waals surface area (Å²) in [6, 6.07) is 8.30. The fourth-order valence-corrected chi connectivity index (χ4v) is 3.40. The van der Waals surface area contributed by atoms with E-state index in [0.717, 1.165) is 28.5 Å². The molecule has 1 unspecified atom stereocenters. The fraction of sp³-hybridized carbons (Fsp3) is 0.333. The SMILES string of the molecule is Cc1nn(-c2nc3ccccc3s2)c(C)c1CC(C)N. The number of hydrogen-bond acceptors (Lipinski definition) is 4. The van der Waals surface area contributed by atoms with Gasteiger partial charge in [-0.15, -0.1) is 0 Å². The van der Waals surface area contributed by atoms with Crippen LogP contribution >= 0.6 is 11.3 Å². The van der Waals surface area contributed by atoms with Gasteiger partial charge in [-0.05, 0) is 44.9 Å². The predicted octanol–water partition coefficient (Wildman–Crippen LogP) is 2.99. The lowest BCUT2D eigenvalue weighted by atomic mass is 10.1. The summed E-state index contributed by atoms with van der Waals surface area (Å²) < 4.78 is 3.13. The smallest absolute Gasteiger partial charge is 0.211 e. The van der Waals surface area contributed by atoms with Gasteiger partial charge in [0.05, 0.1) is 15.9 Å². The third kappa shape index (κ3) is 2.23. The van der Waals surface area contributed by atoms with Crippen LogP contribution in [0.15, 0.2) is 24.3 Å². The number of hydrogen-bond donors (Lipinski definition) is 1. The summed E-state index contributed by atoms with van der Waals surface area (Å²) in [6.45, 7) is 6.15. The molecule has 4 nitrogen and oxygen atoms in total. The van der Waals surface area contributed by atoms with Crippen molar-refractivity contribution in [2.75, 3.05) is 0 Å². The van der Waals surface area contributed by atoms with E-state index >= 15 is 0 Å². The zero-order valence-electron chi connectivity index (χ0n) is 11.9. The topological polar surface area (TPSA) is 56.7 Å². The first-order valence-corrected chi connectivity index (χ1v) is 7.54. The number of nitrogens with two attached hydrogens (primary N) is 1. The maximum absolute atomic E-state index is 5.92. The molecule has 3 rings (SSSR count). The average Bonchev–Trinajstić information content (AvgIpc) is 2.94. The van der Waals surface area contributed by atoms with E-state index in [1.165, 1.54) is 10.3 Å². The summed E-state index contributed by atoms with van der Waals surface area (Å²) in [4.78, 5) is 4.67. The van der Waals surface area contributed by atoms with Crippen molar-refractivity contribution in [3.8, 4) is 5.13 Å². The van der Waals surface area contributed by atoms with E-state index in [0.29, 0.717) is 0 Å². The van der Waals surface area contributed by atoms with Crippen molar-refractivity contribution in [1.82, 2.24) is 14.8 Å². The van der Waals surface area contributed by atoms with Crippen LogP contribution in [0.3, 0.4) is 0 Å². The molecule has 1 aromatic carbocycles. The second-order valence-corrected chi connectivity index (χ2v) is 6.22. The van der Waals surface area contributed by atoms with Gasteiger partial charge in [-0.25, -0.2) is 9.67 Å². The maximum atomic E-state index is 5.92. The minimum atomic E-state index is 0.139. The van der Waals surface area contributed by atoms with Crippen LogP contribution in [-0.4, -0.2) is 20.8 Å². The molecule has 0 radical (unpaired) electrons. The number of para-hydroxylation sites is 1. The van der Waals surface area contributed by atoms with E-state index < -0.39 is 0 Å². The molecule has 2 N–H and O–H groups in total. The summed E-state index contributed by atoms with van der Waals surface area (Å²) in [6.07, 6.45) is 0.850. The standard InChI is InChI=1S/C15H18N4S/c1-9(16)8-12-10(2)18-19(11(12)3)15-17-13-6-4-5-7-14(13)20-15/h4-7,9H,8,16H2,1-3H3. The summed E-state index contributed by atoms with van der Waals surface area (Å²) >= 11 is 1.66. The Balaban J connectivity index is 2.10. The molecular weight excluding hydrogens is 268 g/mol. The van der Waals surface area contributed by atoms with E-state index in [4.69, 9.17) is 5.73 Å².